The van der Waals surface area contributed by atoms with Gasteiger partial charge in [0.15, 0.2) is 0 Å². The molecule has 0 amide bonds. The monoisotopic (exact) mass is 339 g/mol. The quantitative estimate of drug-likeness (QED) is 0.879. The van der Waals surface area contributed by atoms with E-state index in [0.29, 0.717) is 5.41 Å². The molecule has 0 unspecified atom stereocenters. The van der Waals surface area contributed by atoms with Gasteiger partial charge in [0, 0.05) is 35.9 Å². The normalized spacial score (nSPS) is 18.3. The molecule has 20 heavy (non-hydrogen) atoms. The van der Waals surface area contributed by atoms with Crippen LogP contribution in [0.3, 0.4) is 0 Å². The van der Waals surface area contributed by atoms with Crippen molar-refractivity contribution in [2.45, 2.75) is 46.6 Å². The third-order valence-corrected chi connectivity index (χ3v) is 5.03. The number of rotatable bonds is 5. The lowest BCUT2D eigenvalue weighted by molar-refractivity contribution is 0.237. The fourth-order valence-electron chi connectivity index (χ4n) is 2.76. The van der Waals surface area contributed by atoms with Crippen LogP contribution in [-0.4, -0.2) is 24.6 Å². The molecule has 0 aliphatic carbocycles. The molecule has 1 fully saturated rings. The second-order valence-electron chi connectivity index (χ2n) is 6.07. The smallest absolute Gasteiger partial charge is 0.133 e. The highest BCUT2D eigenvalue weighted by Gasteiger charge is 2.29. The number of nitrogens with one attached hydrogen (secondary N) is 1. The number of pyridine rings is 1. The molecule has 112 valence electrons. The van der Waals surface area contributed by atoms with Gasteiger partial charge in [0.25, 0.3) is 0 Å². The van der Waals surface area contributed by atoms with Crippen LogP contribution in [0.4, 0.5) is 5.82 Å². The van der Waals surface area contributed by atoms with E-state index in [-0.39, 0.29) is 0 Å². The molecular weight excluding hydrogens is 314 g/mol. The summed E-state index contributed by atoms with van der Waals surface area (Å²) in [4.78, 5) is 7.12. The van der Waals surface area contributed by atoms with Gasteiger partial charge in [-0.1, -0.05) is 27.2 Å². The Morgan fingerprint density at radius 2 is 2.05 bits per heavy atom. The number of hydrogen-bond donors (Lipinski definition) is 1. The fraction of sp³-hybridized carbons (Fsp3) is 0.688. The van der Waals surface area contributed by atoms with Crippen molar-refractivity contribution in [3.05, 3.63) is 22.3 Å². The highest BCUT2D eigenvalue weighted by atomic mass is 79.9. The zero-order valence-corrected chi connectivity index (χ0v) is 14.5. The van der Waals surface area contributed by atoms with E-state index in [9.17, 15) is 0 Å². The summed E-state index contributed by atoms with van der Waals surface area (Å²) in [6.45, 7) is 11.0. The Kier molecular flexibility index (Phi) is 5.44. The van der Waals surface area contributed by atoms with E-state index in [1.165, 1.54) is 24.8 Å². The van der Waals surface area contributed by atoms with Crippen LogP contribution in [0.5, 0.6) is 0 Å². The summed E-state index contributed by atoms with van der Waals surface area (Å²) >= 11 is 3.53. The van der Waals surface area contributed by atoms with Gasteiger partial charge in [0.2, 0.25) is 0 Å². The van der Waals surface area contributed by atoms with Crippen LogP contribution >= 0.6 is 15.9 Å². The van der Waals surface area contributed by atoms with Crippen LogP contribution in [0.2, 0.25) is 0 Å². The molecule has 1 aliphatic rings. The molecule has 0 spiro atoms. The van der Waals surface area contributed by atoms with Gasteiger partial charge >= 0.3 is 0 Å². The Morgan fingerprint density at radius 1 is 1.35 bits per heavy atom. The Labute approximate surface area is 131 Å². The Morgan fingerprint density at radius 3 is 2.65 bits per heavy atom. The average Bonchev–Trinajstić information content (AvgIpc) is 2.46. The molecule has 0 aromatic carbocycles. The highest BCUT2D eigenvalue weighted by molar-refractivity contribution is 9.10. The predicted molar refractivity (Wildman–Crippen MR) is 89.2 cm³/mol. The molecule has 1 aromatic rings. The Hall–Kier alpha value is -0.610. The maximum absolute atomic E-state index is 4.67. The van der Waals surface area contributed by atoms with Gasteiger partial charge in [-0.15, -0.1) is 0 Å². The van der Waals surface area contributed by atoms with Crippen molar-refractivity contribution in [2.75, 3.05) is 24.5 Å². The number of hydrogen-bond acceptors (Lipinski definition) is 3. The van der Waals surface area contributed by atoms with E-state index in [2.05, 4.69) is 58.0 Å². The van der Waals surface area contributed by atoms with E-state index in [1.807, 2.05) is 6.20 Å². The summed E-state index contributed by atoms with van der Waals surface area (Å²) in [5.41, 5.74) is 1.81. The predicted octanol–water partition coefficient (Wildman–Crippen LogP) is 3.97. The van der Waals surface area contributed by atoms with Gasteiger partial charge in [0.1, 0.15) is 5.82 Å². The van der Waals surface area contributed by atoms with Crippen LogP contribution in [0.25, 0.3) is 0 Å². The lowest BCUT2D eigenvalue weighted by Gasteiger charge is -2.40. The fourth-order valence-corrected chi connectivity index (χ4v) is 3.14. The summed E-state index contributed by atoms with van der Waals surface area (Å²) in [5, 5.41) is 3.41. The largest absolute Gasteiger partial charge is 0.356 e. The lowest BCUT2D eigenvalue weighted by atomic mass is 9.78. The third-order valence-electron chi connectivity index (χ3n) is 4.60. The minimum atomic E-state index is 0.522. The number of piperidine rings is 1. The topological polar surface area (TPSA) is 28.2 Å². The van der Waals surface area contributed by atoms with Crippen LogP contribution in [-0.2, 0) is 6.54 Å². The van der Waals surface area contributed by atoms with Crippen molar-refractivity contribution < 1.29 is 0 Å². The number of aromatic nitrogens is 1. The first kappa shape index (κ1) is 15.8. The highest BCUT2D eigenvalue weighted by Crippen LogP contribution is 2.36. The summed E-state index contributed by atoms with van der Waals surface area (Å²) in [5.74, 6) is 1.16. The van der Waals surface area contributed by atoms with Crippen LogP contribution in [0, 0.1) is 5.41 Å². The maximum atomic E-state index is 4.67. The summed E-state index contributed by atoms with van der Waals surface area (Å²) < 4.78 is 1.06. The second-order valence-corrected chi connectivity index (χ2v) is 6.98. The van der Waals surface area contributed by atoms with Crippen LogP contribution in [0.15, 0.2) is 16.7 Å². The van der Waals surface area contributed by atoms with Gasteiger partial charge in [-0.2, -0.15) is 0 Å². The summed E-state index contributed by atoms with van der Waals surface area (Å²) in [7, 11) is 0. The molecule has 1 saturated heterocycles. The summed E-state index contributed by atoms with van der Waals surface area (Å²) in [6.07, 6.45) is 5.72. The lowest BCUT2D eigenvalue weighted by Crippen LogP contribution is -2.39. The average molecular weight is 340 g/mol. The first-order valence-corrected chi connectivity index (χ1v) is 8.47. The summed E-state index contributed by atoms with van der Waals surface area (Å²) in [6, 6.07) is 2.19. The van der Waals surface area contributed by atoms with Gasteiger partial charge in [-0.05, 0) is 46.8 Å². The Bertz CT molecular complexity index is 439. The van der Waals surface area contributed by atoms with E-state index in [1.54, 1.807) is 0 Å². The molecule has 1 aromatic heterocycles. The molecular formula is C16H26BrN3. The van der Waals surface area contributed by atoms with E-state index in [0.717, 1.165) is 36.5 Å². The number of halogens is 1. The van der Waals surface area contributed by atoms with Gasteiger partial charge in [0.05, 0.1) is 0 Å². The van der Waals surface area contributed by atoms with Crippen molar-refractivity contribution >= 4 is 21.7 Å². The van der Waals surface area contributed by atoms with Crippen LogP contribution < -0.4 is 10.2 Å². The van der Waals surface area contributed by atoms with Crippen molar-refractivity contribution in [3.63, 3.8) is 0 Å². The van der Waals surface area contributed by atoms with Crippen LogP contribution in [0.1, 0.15) is 45.6 Å². The zero-order valence-electron chi connectivity index (χ0n) is 12.9. The molecule has 1 aliphatic heterocycles. The van der Waals surface area contributed by atoms with E-state index in [4.69, 9.17) is 0 Å². The molecule has 0 bridgehead atoms. The minimum Gasteiger partial charge on any atom is -0.356 e. The molecule has 1 N–H and O–H groups in total. The number of anilines is 1. The minimum absolute atomic E-state index is 0.522. The molecule has 4 heteroatoms. The van der Waals surface area contributed by atoms with Gasteiger partial charge in [-0.25, -0.2) is 4.98 Å². The standard InChI is InChI=1S/C16H26BrN3/c1-4-16(3)6-8-20(9-7-16)15-13(11-18-5-2)10-14(17)12-19-15/h10,12,18H,4-9,11H2,1-3H3. The molecule has 2 heterocycles. The molecule has 0 radical (unpaired) electrons. The number of nitrogens with zero attached hydrogens (tertiary/aromatic N) is 2. The first-order valence-electron chi connectivity index (χ1n) is 7.68. The maximum Gasteiger partial charge on any atom is 0.133 e. The molecule has 2 rings (SSSR count). The first-order chi connectivity index (χ1) is 9.58. The Balaban J connectivity index is 2.12. The zero-order chi connectivity index (χ0) is 14.6. The SMILES string of the molecule is CCNCc1cc(Br)cnc1N1CCC(C)(CC)CC1. The van der Waals surface area contributed by atoms with Gasteiger partial charge < -0.3 is 10.2 Å². The van der Waals surface area contributed by atoms with Crippen molar-refractivity contribution in [2.24, 2.45) is 5.41 Å². The molecule has 0 atom stereocenters. The van der Waals surface area contributed by atoms with Crippen molar-refractivity contribution in [3.8, 4) is 0 Å². The van der Waals surface area contributed by atoms with Crippen molar-refractivity contribution in [1.82, 2.24) is 10.3 Å². The molecule has 3 nitrogen and oxygen atoms in total. The van der Waals surface area contributed by atoms with Crippen molar-refractivity contribution in [1.29, 1.82) is 0 Å². The van der Waals surface area contributed by atoms with E-state index >= 15 is 0 Å². The second kappa shape index (κ2) is 6.90. The third kappa shape index (κ3) is 3.73. The van der Waals surface area contributed by atoms with Gasteiger partial charge in [-0.3, -0.25) is 0 Å². The molecule has 0 saturated carbocycles. The van der Waals surface area contributed by atoms with E-state index < -0.39 is 0 Å².